The van der Waals surface area contributed by atoms with Crippen LogP contribution in [0, 0.1) is 13.8 Å². The zero-order valence-corrected chi connectivity index (χ0v) is 14.5. The van der Waals surface area contributed by atoms with E-state index in [1.54, 1.807) is 26.2 Å². The molecule has 0 spiro atoms. The highest BCUT2D eigenvalue weighted by Crippen LogP contribution is 2.16. The van der Waals surface area contributed by atoms with Crippen LogP contribution < -0.4 is 10.9 Å². The minimum absolute atomic E-state index is 0.0562. The summed E-state index contributed by atoms with van der Waals surface area (Å²) in [7, 11) is 0. The first-order chi connectivity index (χ1) is 11.4. The Bertz CT molecular complexity index is 812. The second-order valence-electron chi connectivity index (χ2n) is 5.04. The van der Waals surface area contributed by atoms with Gasteiger partial charge in [-0.1, -0.05) is 0 Å². The lowest BCUT2D eigenvalue weighted by molar-refractivity contribution is -0.142. The smallest absolute Gasteiger partial charge is 0.311 e. The molecule has 2 heterocycles. The average Bonchev–Trinajstić information content (AvgIpc) is 2.90. The first-order valence-electron chi connectivity index (χ1n) is 7.34. The van der Waals surface area contributed by atoms with Gasteiger partial charge in [0, 0.05) is 17.1 Å². The predicted molar refractivity (Wildman–Crippen MR) is 89.1 cm³/mol. The van der Waals surface area contributed by atoms with E-state index in [9.17, 15) is 14.4 Å². The van der Waals surface area contributed by atoms with E-state index in [0.717, 1.165) is 0 Å². The SMILES string of the molecule is CCOC(=O)Cc1csc(NC(=O)Cn2c(C)nc(C)cc2=O)n1. The van der Waals surface area contributed by atoms with Crippen LogP contribution in [0.1, 0.15) is 24.1 Å². The molecule has 0 aliphatic heterocycles. The van der Waals surface area contributed by atoms with Crippen LogP contribution in [0.25, 0.3) is 0 Å². The summed E-state index contributed by atoms with van der Waals surface area (Å²) in [6, 6.07) is 1.38. The van der Waals surface area contributed by atoms with Crippen LogP contribution in [-0.4, -0.2) is 33.0 Å². The summed E-state index contributed by atoms with van der Waals surface area (Å²) in [5.74, 6) is -0.284. The third kappa shape index (κ3) is 4.72. The zero-order chi connectivity index (χ0) is 17.7. The molecule has 8 nitrogen and oxygen atoms in total. The van der Waals surface area contributed by atoms with Gasteiger partial charge < -0.3 is 10.1 Å². The molecule has 2 aromatic rings. The number of thiazole rings is 1. The normalized spacial score (nSPS) is 10.5. The van der Waals surface area contributed by atoms with Crippen molar-refractivity contribution in [3.63, 3.8) is 0 Å². The number of ether oxygens (including phenoxy) is 1. The molecule has 9 heteroatoms. The molecule has 0 aliphatic rings. The van der Waals surface area contributed by atoms with Crippen molar-refractivity contribution in [2.75, 3.05) is 11.9 Å². The summed E-state index contributed by atoms with van der Waals surface area (Å²) in [6.45, 7) is 5.28. The summed E-state index contributed by atoms with van der Waals surface area (Å²) in [6.07, 6.45) is 0.0562. The van der Waals surface area contributed by atoms with Gasteiger partial charge in [-0.2, -0.15) is 0 Å². The van der Waals surface area contributed by atoms with Gasteiger partial charge in [0.1, 0.15) is 12.4 Å². The fraction of sp³-hybridized carbons (Fsp3) is 0.400. The lowest BCUT2D eigenvalue weighted by Gasteiger charge is -2.08. The molecule has 1 N–H and O–H groups in total. The van der Waals surface area contributed by atoms with Crippen LogP contribution in [0.4, 0.5) is 5.13 Å². The Morgan fingerprint density at radius 3 is 2.75 bits per heavy atom. The van der Waals surface area contributed by atoms with Gasteiger partial charge in [0.05, 0.1) is 18.7 Å². The summed E-state index contributed by atoms with van der Waals surface area (Å²) in [5.41, 5.74) is 0.856. The zero-order valence-electron chi connectivity index (χ0n) is 13.7. The van der Waals surface area contributed by atoms with E-state index in [1.807, 2.05) is 0 Å². The fourth-order valence-electron chi connectivity index (χ4n) is 2.06. The molecular formula is C15H18N4O4S. The Morgan fingerprint density at radius 1 is 1.33 bits per heavy atom. The summed E-state index contributed by atoms with van der Waals surface area (Å²) in [5, 5.41) is 4.66. The molecule has 0 fully saturated rings. The van der Waals surface area contributed by atoms with E-state index in [1.165, 1.54) is 22.0 Å². The van der Waals surface area contributed by atoms with E-state index >= 15 is 0 Å². The first kappa shape index (κ1) is 17.8. The van der Waals surface area contributed by atoms with Crippen molar-refractivity contribution in [1.82, 2.24) is 14.5 Å². The Morgan fingerprint density at radius 2 is 2.08 bits per heavy atom. The first-order valence-corrected chi connectivity index (χ1v) is 8.22. The highest BCUT2D eigenvalue weighted by Gasteiger charge is 2.12. The number of hydrogen-bond acceptors (Lipinski definition) is 7. The molecular weight excluding hydrogens is 332 g/mol. The van der Waals surface area contributed by atoms with Gasteiger partial charge in [-0.15, -0.1) is 11.3 Å². The third-order valence-corrected chi connectivity index (χ3v) is 3.86. The quantitative estimate of drug-likeness (QED) is 0.782. The number of amides is 1. The fourth-order valence-corrected chi connectivity index (χ4v) is 2.79. The molecule has 0 aromatic carbocycles. The molecule has 2 aromatic heterocycles. The number of rotatable bonds is 6. The molecule has 128 valence electrons. The van der Waals surface area contributed by atoms with Crippen LogP contribution in [0.5, 0.6) is 0 Å². The van der Waals surface area contributed by atoms with Gasteiger partial charge in [0.2, 0.25) is 5.91 Å². The van der Waals surface area contributed by atoms with Gasteiger partial charge in [-0.25, -0.2) is 9.97 Å². The molecule has 0 saturated heterocycles. The molecule has 24 heavy (non-hydrogen) atoms. The number of esters is 1. The van der Waals surface area contributed by atoms with Gasteiger partial charge >= 0.3 is 5.97 Å². The van der Waals surface area contributed by atoms with Crippen molar-refractivity contribution in [1.29, 1.82) is 0 Å². The molecule has 2 rings (SSSR count). The maximum atomic E-state index is 12.1. The molecule has 0 unspecified atom stereocenters. The van der Waals surface area contributed by atoms with Crippen LogP contribution in [0.3, 0.4) is 0 Å². The number of aromatic nitrogens is 3. The van der Waals surface area contributed by atoms with E-state index in [2.05, 4.69) is 15.3 Å². The van der Waals surface area contributed by atoms with E-state index < -0.39 is 0 Å². The maximum Gasteiger partial charge on any atom is 0.311 e. The Kier molecular flexibility index (Phi) is 5.80. The second kappa shape index (κ2) is 7.82. The molecule has 0 radical (unpaired) electrons. The number of nitrogens with zero attached hydrogens (tertiary/aromatic N) is 3. The van der Waals surface area contributed by atoms with Gasteiger partial charge in [-0.05, 0) is 20.8 Å². The van der Waals surface area contributed by atoms with E-state index in [0.29, 0.717) is 29.0 Å². The van der Waals surface area contributed by atoms with Crippen molar-refractivity contribution in [2.45, 2.75) is 33.7 Å². The Labute approximate surface area is 142 Å². The van der Waals surface area contributed by atoms with Crippen LogP contribution in [0.15, 0.2) is 16.2 Å². The molecule has 0 saturated carbocycles. The largest absolute Gasteiger partial charge is 0.466 e. The van der Waals surface area contributed by atoms with Gasteiger partial charge in [0.15, 0.2) is 5.13 Å². The summed E-state index contributed by atoms with van der Waals surface area (Å²) >= 11 is 1.21. The van der Waals surface area contributed by atoms with Crippen molar-refractivity contribution in [3.05, 3.63) is 39.0 Å². The van der Waals surface area contributed by atoms with E-state index in [-0.39, 0.29) is 30.4 Å². The maximum absolute atomic E-state index is 12.1. The number of aryl methyl sites for hydroxylation is 2. The Balaban J connectivity index is 2.00. The number of hydrogen-bond donors (Lipinski definition) is 1. The third-order valence-electron chi connectivity index (χ3n) is 3.06. The number of nitrogens with one attached hydrogen (secondary N) is 1. The topological polar surface area (TPSA) is 103 Å². The minimum atomic E-state index is -0.386. The van der Waals surface area contributed by atoms with Crippen LogP contribution in [-0.2, 0) is 27.3 Å². The number of carbonyl (C=O) groups excluding carboxylic acids is 2. The minimum Gasteiger partial charge on any atom is -0.466 e. The molecule has 0 bridgehead atoms. The number of carbonyl (C=O) groups is 2. The standard InChI is InChI=1S/C15H18N4O4S/c1-4-23-14(22)6-11-8-24-15(17-11)18-12(20)7-19-10(3)16-9(2)5-13(19)21/h5,8H,4,6-7H2,1-3H3,(H,17,18,20). The molecule has 0 aliphatic carbocycles. The van der Waals surface area contributed by atoms with Crippen LogP contribution in [0.2, 0.25) is 0 Å². The summed E-state index contributed by atoms with van der Waals surface area (Å²) < 4.78 is 6.13. The van der Waals surface area contributed by atoms with Crippen molar-refractivity contribution in [2.24, 2.45) is 0 Å². The molecule has 0 atom stereocenters. The molecule has 1 amide bonds. The Hall–Kier alpha value is -2.55. The van der Waals surface area contributed by atoms with Gasteiger partial charge in [-0.3, -0.25) is 19.0 Å². The van der Waals surface area contributed by atoms with Crippen LogP contribution >= 0.6 is 11.3 Å². The van der Waals surface area contributed by atoms with Crippen molar-refractivity contribution >= 4 is 28.3 Å². The van der Waals surface area contributed by atoms with Crippen molar-refractivity contribution < 1.29 is 14.3 Å². The van der Waals surface area contributed by atoms with Gasteiger partial charge in [0.25, 0.3) is 5.56 Å². The highest BCUT2D eigenvalue weighted by molar-refractivity contribution is 7.13. The lowest BCUT2D eigenvalue weighted by Crippen LogP contribution is -2.30. The number of anilines is 1. The lowest BCUT2D eigenvalue weighted by atomic mass is 10.3. The predicted octanol–water partition coefficient (Wildman–Crippen LogP) is 1.06. The van der Waals surface area contributed by atoms with E-state index in [4.69, 9.17) is 4.74 Å². The van der Waals surface area contributed by atoms with Crippen molar-refractivity contribution in [3.8, 4) is 0 Å². The monoisotopic (exact) mass is 350 g/mol. The average molecular weight is 350 g/mol. The highest BCUT2D eigenvalue weighted by atomic mass is 32.1. The summed E-state index contributed by atoms with van der Waals surface area (Å²) in [4.78, 5) is 43.7. The second-order valence-corrected chi connectivity index (χ2v) is 5.90.